The molecule has 0 bridgehead atoms. The van der Waals surface area contributed by atoms with Crippen molar-refractivity contribution < 1.29 is 42.9 Å². The number of rotatable bonds is 25. The van der Waals surface area contributed by atoms with Crippen molar-refractivity contribution in [2.45, 2.75) is 121 Å². The van der Waals surface area contributed by atoms with Gasteiger partial charge in [-0.3, -0.25) is 38.4 Å². The monoisotopic (exact) mass is 923 g/mol. The second kappa shape index (κ2) is 23.3. The summed E-state index contributed by atoms with van der Waals surface area (Å²) in [6.45, 7) is 5.19. The van der Waals surface area contributed by atoms with E-state index in [1.165, 1.54) is 10.1 Å². The number of aryl methyl sites for hydroxylation is 4. The number of nitrogens with zero attached hydrogens (tertiary/aromatic N) is 3. The standard InChI is InChI=1S/C50H65N7O10/c1-32(40(19-21-43(52)58)53-45(60)30-38-29-37-10-3-8-36-17-18-39(51)49(62)56(38)46(36)37)67-31-34-15-13-33(14-16-34)7-5-23-64-25-27-66-28-26-65-24-6-11-35-9-4-12-41-47(35)55(2)50(63)57(41)42-20-22-44(59)54-48(42)61/h3-4,8-10,12-16,32,38-40,42H,5-7,11,17-31,51H2,1-2H3,(H2,52,58)(H,53,60)(H,54,59,61)/t32-,38+,39+,40+,42?/m1/s1. The van der Waals surface area contributed by atoms with E-state index in [9.17, 15) is 28.8 Å². The number of hydrogen-bond donors (Lipinski definition) is 4. The first-order chi connectivity index (χ1) is 32.4. The molecule has 17 heteroatoms. The lowest BCUT2D eigenvalue weighted by atomic mass is 10.0. The molecular weight excluding hydrogens is 859 g/mol. The van der Waals surface area contributed by atoms with Crippen molar-refractivity contribution in [2.75, 3.05) is 44.5 Å². The van der Waals surface area contributed by atoms with Crippen molar-refractivity contribution in [2.24, 2.45) is 18.5 Å². The molecule has 0 aliphatic carbocycles. The summed E-state index contributed by atoms with van der Waals surface area (Å²) in [5.74, 6) is -1.60. The molecule has 360 valence electrons. The molecular formula is C50H65N7O10. The zero-order valence-corrected chi connectivity index (χ0v) is 38.7. The Bertz CT molecular complexity index is 2450. The number of para-hydroxylation sites is 2. The fourth-order valence-corrected chi connectivity index (χ4v) is 9.50. The number of aromatic nitrogens is 2. The van der Waals surface area contributed by atoms with E-state index in [-0.39, 0.29) is 48.7 Å². The number of anilines is 1. The zero-order chi connectivity index (χ0) is 47.5. The minimum atomic E-state index is -0.714. The van der Waals surface area contributed by atoms with Crippen LogP contribution >= 0.6 is 0 Å². The summed E-state index contributed by atoms with van der Waals surface area (Å²) in [5.41, 5.74) is 19.1. The van der Waals surface area contributed by atoms with E-state index in [4.69, 9.17) is 30.4 Å². The van der Waals surface area contributed by atoms with E-state index in [1.54, 1.807) is 16.5 Å². The third-order valence-corrected chi connectivity index (χ3v) is 13.1. The molecule has 1 fully saturated rings. The number of hydrogen-bond acceptors (Lipinski definition) is 11. The minimum Gasteiger partial charge on any atom is -0.379 e. The lowest BCUT2D eigenvalue weighted by Crippen LogP contribution is -2.50. The number of imidazole rings is 1. The Hall–Kier alpha value is -5.72. The highest BCUT2D eigenvalue weighted by molar-refractivity contribution is 6.02. The molecule has 4 aromatic rings. The number of piperidine rings is 1. The molecule has 17 nitrogen and oxygen atoms in total. The Morgan fingerprint density at radius 3 is 2.22 bits per heavy atom. The predicted octanol–water partition coefficient (Wildman–Crippen LogP) is 3.21. The van der Waals surface area contributed by atoms with Crippen molar-refractivity contribution in [3.63, 3.8) is 0 Å². The van der Waals surface area contributed by atoms with Crippen LogP contribution in [-0.4, -0.2) is 103 Å². The molecule has 1 unspecified atom stereocenters. The summed E-state index contributed by atoms with van der Waals surface area (Å²) in [6, 6.07) is 17.8. The molecule has 7 rings (SSSR count). The van der Waals surface area contributed by atoms with Gasteiger partial charge < -0.3 is 40.6 Å². The van der Waals surface area contributed by atoms with Gasteiger partial charge in [-0.05, 0) is 98.6 Å². The van der Waals surface area contributed by atoms with Gasteiger partial charge in [0.05, 0.1) is 67.9 Å². The molecule has 5 amide bonds. The van der Waals surface area contributed by atoms with Gasteiger partial charge in [-0.2, -0.15) is 0 Å². The molecule has 3 aliphatic heterocycles. The maximum absolute atomic E-state index is 13.5. The highest BCUT2D eigenvalue weighted by atomic mass is 16.5. The number of amides is 5. The van der Waals surface area contributed by atoms with Crippen molar-refractivity contribution >= 4 is 46.3 Å². The average molecular weight is 924 g/mol. The third kappa shape index (κ3) is 12.4. The first kappa shape index (κ1) is 49.2. The van der Waals surface area contributed by atoms with Crippen LogP contribution in [0.5, 0.6) is 0 Å². The van der Waals surface area contributed by atoms with Crippen LogP contribution in [0.3, 0.4) is 0 Å². The second-order valence-electron chi connectivity index (χ2n) is 17.9. The summed E-state index contributed by atoms with van der Waals surface area (Å²) >= 11 is 0. The minimum absolute atomic E-state index is 0.0966. The van der Waals surface area contributed by atoms with Crippen LogP contribution in [0.4, 0.5) is 5.69 Å². The van der Waals surface area contributed by atoms with Crippen LogP contribution < -0.4 is 32.7 Å². The van der Waals surface area contributed by atoms with E-state index in [1.807, 2.05) is 55.5 Å². The Labute approximate surface area is 390 Å². The summed E-state index contributed by atoms with van der Waals surface area (Å²) in [6.07, 6.45) is 5.62. The zero-order valence-electron chi connectivity index (χ0n) is 38.7. The SMILES string of the molecule is C[C@@H](OCc1ccc(CCCOCCOCCOCCCc2cccc3c2n(C)c(=O)n3C2CCC(=O)NC2=O)cc1)[C@H](CCC(N)=O)NC(=O)C[C@@H]1Cc2cccc3c2N1C(=O)[C@@H](N)CC3. The summed E-state index contributed by atoms with van der Waals surface area (Å²) in [5, 5.41) is 5.43. The largest absolute Gasteiger partial charge is 0.379 e. The average Bonchev–Trinajstić information content (AvgIpc) is 3.76. The van der Waals surface area contributed by atoms with Crippen molar-refractivity contribution in [1.82, 2.24) is 19.8 Å². The Morgan fingerprint density at radius 1 is 0.836 bits per heavy atom. The number of primary amides is 1. The van der Waals surface area contributed by atoms with Gasteiger partial charge in [-0.1, -0.05) is 54.6 Å². The van der Waals surface area contributed by atoms with Gasteiger partial charge in [-0.25, -0.2) is 4.79 Å². The van der Waals surface area contributed by atoms with Gasteiger partial charge in [0.15, 0.2) is 0 Å². The van der Waals surface area contributed by atoms with E-state index >= 15 is 0 Å². The molecule has 67 heavy (non-hydrogen) atoms. The number of nitrogens with one attached hydrogen (secondary N) is 2. The van der Waals surface area contributed by atoms with Crippen LogP contribution in [0.2, 0.25) is 0 Å². The molecule has 0 saturated carbocycles. The van der Waals surface area contributed by atoms with Crippen LogP contribution in [-0.2, 0) is 82.3 Å². The van der Waals surface area contributed by atoms with Crippen LogP contribution in [0.15, 0.2) is 65.5 Å². The number of carbonyl (C=O) groups excluding carboxylic acids is 5. The van der Waals surface area contributed by atoms with Crippen molar-refractivity contribution in [1.29, 1.82) is 0 Å². The maximum atomic E-state index is 13.5. The Balaban J connectivity index is 0.747. The van der Waals surface area contributed by atoms with Gasteiger partial charge in [0.2, 0.25) is 29.5 Å². The fourth-order valence-electron chi connectivity index (χ4n) is 9.50. The number of imide groups is 1. The number of ether oxygens (including phenoxy) is 4. The smallest absolute Gasteiger partial charge is 0.329 e. The van der Waals surface area contributed by atoms with Gasteiger partial charge in [0.25, 0.3) is 0 Å². The van der Waals surface area contributed by atoms with Gasteiger partial charge in [0.1, 0.15) is 6.04 Å². The highest BCUT2D eigenvalue weighted by Gasteiger charge is 2.40. The summed E-state index contributed by atoms with van der Waals surface area (Å²) < 4.78 is 26.6. The Kier molecular flexibility index (Phi) is 17.1. The Morgan fingerprint density at radius 2 is 1.51 bits per heavy atom. The molecule has 5 atom stereocenters. The molecule has 0 spiro atoms. The van der Waals surface area contributed by atoms with Crippen LogP contribution in [0.1, 0.15) is 92.1 Å². The fraction of sp³-hybridized carbons (Fsp3) is 0.520. The van der Waals surface area contributed by atoms with Crippen molar-refractivity contribution in [3.8, 4) is 0 Å². The van der Waals surface area contributed by atoms with E-state index in [2.05, 4.69) is 22.8 Å². The first-order valence-electron chi connectivity index (χ1n) is 23.6. The van der Waals surface area contributed by atoms with Gasteiger partial charge in [0, 0.05) is 45.6 Å². The second-order valence-corrected chi connectivity index (χ2v) is 17.9. The first-order valence-corrected chi connectivity index (χ1v) is 23.6. The van der Waals surface area contributed by atoms with Crippen LogP contribution in [0.25, 0.3) is 11.0 Å². The molecule has 6 N–H and O–H groups in total. The van der Waals surface area contributed by atoms with Gasteiger partial charge >= 0.3 is 5.69 Å². The van der Waals surface area contributed by atoms with E-state index in [0.717, 1.165) is 59.1 Å². The molecule has 1 saturated heterocycles. The summed E-state index contributed by atoms with van der Waals surface area (Å²) in [7, 11) is 1.71. The maximum Gasteiger partial charge on any atom is 0.329 e. The molecule has 3 aliphatic rings. The predicted molar refractivity (Wildman–Crippen MR) is 251 cm³/mol. The lowest BCUT2D eigenvalue weighted by Gasteiger charge is -2.29. The molecule has 1 aromatic heterocycles. The molecule has 0 radical (unpaired) electrons. The topological polar surface area (TPSA) is 229 Å². The quantitative estimate of drug-likeness (QED) is 0.0558. The van der Waals surface area contributed by atoms with Crippen LogP contribution in [0, 0.1) is 0 Å². The normalized spacial score (nSPS) is 19.0. The summed E-state index contributed by atoms with van der Waals surface area (Å²) in [4.78, 5) is 77.7. The van der Waals surface area contributed by atoms with E-state index < -0.39 is 36.0 Å². The number of fused-ring (bicyclic) bond motifs is 1. The lowest BCUT2D eigenvalue weighted by molar-refractivity contribution is -0.136. The number of carbonyl (C=O) groups is 5. The number of nitrogens with two attached hydrogens (primary N) is 2. The molecule has 3 aromatic carbocycles. The third-order valence-electron chi connectivity index (χ3n) is 13.1. The molecule has 4 heterocycles. The van der Waals surface area contributed by atoms with Crippen molar-refractivity contribution in [3.05, 3.63) is 99.0 Å². The van der Waals surface area contributed by atoms with Gasteiger partial charge in [-0.15, -0.1) is 0 Å². The number of benzene rings is 3. The highest BCUT2D eigenvalue weighted by Crippen LogP contribution is 2.39. The van der Waals surface area contributed by atoms with E-state index in [0.29, 0.717) is 83.9 Å².